The molecule has 106 valence electrons. The van der Waals surface area contributed by atoms with Gasteiger partial charge in [0.05, 0.1) is 6.54 Å². The number of nitrogens with two attached hydrogens (primary N) is 1. The van der Waals surface area contributed by atoms with Gasteiger partial charge in [0.2, 0.25) is 0 Å². The first-order chi connectivity index (χ1) is 9.54. The van der Waals surface area contributed by atoms with Gasteiger partial charge in [0.1, 0.15) is 0 Å². The van der Waals surface area contributed by atoms with Crippen molar-refractivity contribution in [1.29, 1.82) is 0 Å². The number of carbonyl (C=O) groups excluding carboxylic acids is 1. The molecule has 2 rings (SSSR count). The highest BCUT2D eigenvalue weighted by Gasteiger charge is 2.08. The van der Waals surface area contributed by atoms with E-state index in [1.54, 1.807) is 35.0 Å². The summed E-state index contributed by atoms with van der Waals surface area (Å²) < 4.78 is 1.80. The van der Waals surface area contributed by atoms with Gasteiger partial charge >= 0.3 is 0 Å². The molecule has 0 bridgehead atoms. The van der Waals surface area contributed by atoms with Crippen LogP contribution in [0.3, 0.4) is 0 Å². The van der Waals surface area contributed by atoms with E-state index in [9.17, 15) is 4.79 Å². The Hall–Kier alpha value is -2.34. The lowest BCUT2D eigenvalue weighted by molar-refractivity contribution is 0.102. The van der Waals surface area contributed by atoms with Crippen LogP contribution in [0.15, 0.2) is 36.5 Å². The van der Waals surface area contributed by atoms with E-state index in [0.29, 0.717) is 17.1 Å². The summed E-state index contributed by atoms with van der Waals surface area (Å²) in [6.45, 7) is 1.67. The van der Waals surface area contributed by atoms with Crippen LogP contribution in [0, 0.1) is 0 Å². The van der Waals surface area contributed by atoms with Crippen molar-refractivity contribution >= 4 is 17.4 Å². The summed E-state index contributed by atoms with van der Waals surface area (Å²) in [6.07, 6.45) is 1.85. The number of amides is 1. The quantitative estimate of drug-likeness (QED) is 0.805. The zero-order valence-corrected chi connectivity index (χ0v) is 11.7. The zero-order chi connectivity index (χ0) is 14.5. The number of likely N-dealkylation sites (N-methyl/N-ethyl adjacent to an activating group) is 1. The van der Waals surface area contributed by atoms with Gasteiger partial charge in [-0.15, -0.1) is 0 Å². The molecule has 0 saturated heterocycles. The van der Waals surface area contributed by atoms with Crippen LogP contribution in [0.5, 0.6) is 0 Å². The third-order valence-electron chi connectivity index (χ3n) is 2.81. The number of hydrogen-bond donors (Lipinski definition) is 2. The van der Waals surface area contributed by atoms with Crippen LogP contribution in [-0.4, -0.2) is 41.2 Å². The van der Waals surface area contributed by atoms with Crippen LogP contribution in [0.2, 0.25) is 0 Å². The van der Waals surface area contributed by atoms with Gasteiger partial charge in [-0.3, -0.25) is 9.48 Å². The molecular weight excluding hydrogens is 254 g/mol. The monoisotopic (exact) mass is 273 g/mol. The van der Waals surface area contributed by atoms with Gasteiger partial charge in [-0.05, 0) is 32.3 Å². The molecule has 1 heterocycles. The third kappa shape index (κ3) is 3.83. The summed E-state index contributed by atoms with van der Waals surface area (Å²) in [5.41, 5.74) is 6.74. The fraction of sp³-hybridized carbons (Fsp3) is 0.286. The Balaban J connectivity index is 1.98. The number of hydrogen-bond acceptors (Lipinski definition) is 4. The highest BCUT2D eigenvalue weighted by molar-refractivity contribution is 6.04. The van der Waals surface area contributed by atoms with Crippen LogP contribution in [0.25, 0.3) is 0 Å². The highest BCUT2D eigenvalue weighted by Crippen LogP contribution is 2.10. The van der Waals surface area contributed by atoms with E-state index >= 15 is 0 Å². The molecule has 0 saturated carbocycles. The van der Waals surface area contributed by atoms with Crippen molar-refractivity contribution in [1.82, 2.24) is 14.7 Å². The summed E-state index contributed by atoms with van der Waals surface area (Å²) in [5, 5.41) is 7.05. The maximum atomic E-state index is 12.0. The van der Waals surface area contributed by atoms with Crippen molar-refractivity contribution in [2.75, 3.05) is 31.7 Å². The summed E-state index contributed by atoms with van der Waals surface area (Å²) in [5.74, 6) is 0.325. The molecule has 0 spiro atoms. The number of nitrogen functional groups attached to an aromatic ring is 1. The molecule has 0 aliphatic rings. The second-order valence-corrected chi connectivity index (χ2v) is 4.85. The fourth-order valence-electron chi connectivity index (χ4n) is 1.72. The minimum absolute atomic E-state index is 0.213. The average molecular weight is 273 g/mol. The Morgan fingerprint density at radius 1 is 1.40 bits per heavy atom. The first kappa shape index (κ1) is 14.1. The second kappa shape index (κ2) is 6.21. The molecule has 0 unspecified atom stereocenters. The Bertz CT molecular complexity index is 591. The van der Waals surface area contributed by atoms with Crippen molar-refractivity contribution in [3.63, 3.8) is 0 Å². The van der Waals surface area contributed by atoms with Crippen molar-refractivity contribution in [2.45, 2.75) is 6.54 Å². The van der Waals surface area contributed by atoms with Crippen molar-refractivity contribution < 1.29 is 4.79 Å². The van der Waals surface area contributed by atoms with E-state index < -0.39 is 0 Å². The largest absolute Gasteiger partial charge is 0.399 e. The van der Waals surface area contributed by atoms with Crippen LogP contribution in [-0.2, 0) is 6.54 Å². The van der Waals surface area contributed by atoms with Gasteiger partial charge in [-0.25, -0.2) is 0 Å². The number of aromatic nitrogens is 2. The molecule has 20 heavy (non-hydrogen) atoms. The molecule has 6 nitrogen and oxygen atoms in total. The van der Waals surface area contributed by atoms with Crippen molar-refractivity contribution in [3.8, 4) is 0 Å². The van der Waals surface area contributed by atoms with E-state index in [2.05, 4.69) is 15.3 Å². The van der Waals surface area contributed by atoms with E-state index in [1.165, 1.54) is 0 Å². The van der Waals surface area contributed by atoms with Crippen LogP contribution in [0.1, 0.15) is 10.4 Å². The third-order valence-corrected chi connectivity index (χ3v) is 2.81. The maximum absolute atomic E-state index is 12.0. The molecule has 3 N–H and O–H groups in total. The number of rotatable bonds is 5. The molecule has 0 radical (unpaired) electrons. The van der Waals surface area contributed by atoms with Crippen LogP contribution < -0.4 is 11.1 Å². The smallest absolute Gasteiger partial charge is 0.256 e. The molecule has 1 aromatic carbocycles. The number of nitrogens with one attached hydrogen (secondary N) is 1. The Kier molecular flexibility index (Phi) is 4.37. The Labute approximate surface area is 118 Å². The van der Waals surface area contributed by atoms with Gasteiger partial charge in [-0.1, -0.05) is 6.07 Å². The van der Waals surface area contributed by atoms with Gasteiger partial charge < -0.3 is 16.0 Å². The molecule has 0 aliphatic carbocycles. The average Bonchev–Trinajstić information content (AvgIpc) is 2.84. The molecule has 2 aromatic rings. The molecular formula is C14H19N5O. The van der Waals surface area contributed by atoms with Gasteiger partial charge in [0, 0.05) is 30.1 Å². The molecule has 1 amide bonds. The molecule has 1 aromatic heterocycles. The summed E-state index contributed by atoms with van der Waals surface area (Å²) in [6, 6.07) is 8.62. The lowest BCUT2D eigenvalue weighted by Crippen LogP contribution is -2.19. The number of carbonyl (C=O) groups is 1. The topological polar surface area (TPSA) is 76.2 Å². The van der Waals surface area contributed by atoms with Gasteiger partial charge in [0.25, 0.3) is 5.91 Å². The summed E-state index contributed by atoms with van der Waals surface area (Å²) in [7, 11) is 4.01. The predicted molar refractivity (Wildman–Crippen MR) is 79.6 cm³/mol. The Morgan fingerprint density at radius 3 is 2.90 bits per heavy atom. The van der Waals surface area contributed by atoms with E-state index in [1.807, 2.05) is 20.3 Å². The summed E-state index contributed by atoms with van der Waals surface area (Å²) in [4.78, 5) is 14.1. The van der Waals surface area contributed by atoms with Gasteiger partial charge in [0.15, 0.2) is 5.82 Å². The number of anilines is 2. The van der Waals surface area contributed by atoms with E-state index in [4.69, 9.17) is 5.73 Å². The maximum Gasteiger partial charge on any atom is 0.256 e. The van der Waals surface area contributed by atoms with Crippen molar-refractivity contribution in [2.24, 2.45) is 0 Å². The minimum Gasteiger partial charge on any atom is -0.399 e. The molecule has 0 fully saturated rings. The number of nitrogens with zero attached hydrogens (tertiary/aromatic N) is 3. The molecule has 0 atom stereocenters. The van der Waals surface area contributed by atoms with Crippen molar-refractivity contribution in [3.05, 3.63) is 42.1 Å². The lowest BCUT2D eigenvalue weighted by atomic mass is 10.2. The SMILES string of the molecule is CN(C)CCn1ccc(NC(=O)c2cccc(N)c2)n1. The molecule has 0 aliphatic heterocycles. The van der Waals surface area contributed by atoms with E-state index in [-0.39, 0.29) is 5.91 Å². The normalized spacial score (nSPS) is 10.8. The van der Waals surface area contributed by atoms with Gasteiger partial charge in [-0.2, -0.15) is 5.10 Å². The number of benzene rings is 1. The Morgan fingerprint density at radius 2 is 2.20 bits per heavy atom. The summed E-state index contributed by atoms with van der Waals surface area (Å²) >= 11 is 0. The predicted octanol–water partition coefficient (Wildman–Crippen LogP) is 1.28. The first-order valence-corrected chi connectivity index (χ1v) is 6.39. The first-order valence-electron chi connectivity index (χ1n) is 6.39. The zero-order valence-electron chi connectivity index (χ0n) is 11.7. The lowest BCUT2D eigenvalue weighted by Gasteiger charge is -2.08. The highest BCUT2D eigenvalue weighted by atomic mass is 16.1. The van der Waals surface area contributed by atoms with E-state index in [0.717, 1.165) is 13.1 Å². The second-order valence-electron chi connectivity index (χ2n) is 4.85. The molecule has 6 heteroatoms. The standard InChI is InChI=1S/C14H19N5O/c1-18(2)8-9-19-7-6-13(17-19)16-14(20)11-4-3-5-12(15)10-11/h3-7,10H,8-9,15H2,1-2H3,(H,16,17,20). The van der Waals surface area contributed by atoms with Crippen LogP contribution in [0.4, 0.5) is 11.5 Å². The fourth-order valence-corrected chi connectivity index (χ4v) is 1.72. The minimum atomic E-state index is -0.213. The van der Waals surface area contributed by atoms with Crippen LogP contribution >= 0.6 is 0 Å².